The van der Waals surface area contributed by atoms with Gasteiger partial charge < -0.3 is 29.5 Å². The highest BCUT2D eigenvalue weighted by atomic mass is 16.5. The minimum absolute atomic E-state index is 0.190. The van der Waals surface area contributed by atoms with E-state index in [4.69, 9.17) is 14.2 Å². The van der Waals surface area contributed by atoms with Crippen molar-refractivity contribution in [3.05, 3.63) is 120 Å². The van der Waals surface area contributed by atoms with Crippen LogP contribution in [0, 0.1) is 0 Å². The molecule has 0 spiro atoms. The van der Waals surface area contributed by atoms with Gasteiger partial charge in [0.25, 0.3) is 0 Å². The Balaban J connectivity index is 1.31. The van der Waals surface area contributed by atoms with Gasteiger partial charge in [0.05, 0.1) is 13.2 Å². The van der Waals surface area contributed by atoms with Crippen LogP contribution in [0.25, 0.3) is 0 Å². The number of nitrogens with zero attached hydrogens (tertiary/aromatic N) is 1. The summed E-state index contributed by atoms with van der Waals surface area (Å²) in [5.74, 6) is 0.881. The van der Waals surface area contributed by atoms with Crippen LogP contribution in [-0.2, 0) is 17.8 Å². The molecule has 8 heteroatoms. The third-order valence-electron chi connectivity index (χ3n) is 6.76. The normalized spacial score (nSPS) is 12.0. The molecule has 4 aromatic rings. The number of urea groups is 1. The average molecular weight is 583 g/mol. The largest absolute Gasteiger partial charge is 0.494 e. The first-order valence-corrected chi connectivity index (χ1v) is 14.4. The van der Waals surface area contributed by atoms with Crippen molar-refractivity contribution in [2.45, 2.75) is 38.8 Å². The molecule has 43 heavy (non-hydrogen) atoms. The molecular weight excluding hydrogens is 544 g/mol. The van der Waals surface area contributed by atoms with Gasteiger partial charge in [0.15, 0.2) is 0 Å². The van der Waals surface area contributed by atoms with Gasteiger partial charge in [0.1, 0.15) is 17.2 Å². The van der Waals surface area contributed by atoms with Gasteiger partial charge in [-0.15, -0.1) is 0 Å². The number of carbonyl (C=O) groups is 2. The molecule has 0 saturated heterocycles. The highest BCUT2D eigenvalue weighted by Gasteiger charge is 2.36. The third kappa shape index (κ3) is 9.53. The minimum Gasteiger partial charge on any atom is -0.494 e. The third-order valence-corrected chi connectivity index (χ3v) is 6.76. The summed E-state index contributed by atoms with van der Waals surface area (Å²) in [7, 11) is 0. The first kappa shape index (κ1) is 31.0. The van der Waals surface area contributed by atoms with E-state index in [-0.39, 0.29) is 12.5 Å². The lowest BCUT2D eigenvalue weighted by Crippen LogP contribution is -2.43. The van der Waals surface area contributed by atoms with Crippen LogP contribution in [0.4, 0.5) is 10.5 Å². The Bertz CT molecular complexity index is 1430. The van der Waals surface area contributed by atoms with Crippen LogP contribution in [0.2, 0.25) is 0 Å². The first-order valence-electron chi connectivity index (χ1n) is 14.4. The summed E-state index contributed by atoms with van der Waals surface area (Å²) in [5, 5.41) is 12.8. The topological polar surface area (TPSA) is 97.3 Å². The molecule has 0 fully saturated rings. The van der Waals surface area contributed by atoms with Gasteiger partial charge in [-0.1, -0.05) is 60.7 Å². The number of carboxylic acid groups (broad SMARTS) is 1. The Morgan fingerprint density at radius 2 is 1.37 bits per heavy atom. The van der Waals surface area contributed by atoms with E-state index in [1.165, 1.54) is 0 Å². The number of anilines is 1. The zero-order valence-electron chi connectivity index (χ0n) is 24.6. The molecule has 0 saturated carbocycles. The summed E-state index contributed by atoms with van der Waals surface area (Å²) < 4.78 is 17.3. The molecule has 0 aliphatic carbocycles. The van der Waals surface area contributed by atoms with Crippen LogP contribution in [0.1, 0.15) is 31.4 Å². The van der Waals surface area contributed by atoms with E-state index in [0.29, 0.717) is 49.9 Å². The molecular formula is C35H38N2O6. The molecule has 2 N–H and O–H groups in total. The van der Waals surface area contributed by atoms with Crippen LogP contribution in [0.3, 0.4) is 0 Å². The highest BCUT2D eigenvalue weighted by Crippen LogP contribution is 2.24. The molecule has 0 aliphatic rings. The van der Waals surface area contributed by atoms with Crippen LogP contribution >= 0.6 is 0 Å². The van der Waals surface area contributed by atoms with Crippen molar-refractivity contribution in [1.29, 1.82) is 0 Å². The summed E-state index contributed by atoms with van der Waals surface area (Å²) in [6.45, 7) is 5.44. The number of rotatable bonds is 15. The lowest BCUT2D eigenvalue weighted by atomic mass is 9.96. The number of ether oxygens (including phenoxy) is 3. The van der Waals surface area contributed by atoms with Crippen molar-refractivity contribution in [3.8, 4) is 17.2 Å². The van der Waals surface area contributed by atoms with Gasteiger partial charge in [0.2, 0.25) is 5.60 Å². The Labute approximate surface area is 252 Å². The summed E-state index contributed by atoms with van der Waals surface area (Å²) in [6.07, 6.45) is 0.808. The molecule has 0 bridgehead atoms. The fourth-order valence-electron chi connectivity index (χ4n) is 4.50. The van der Waals surface area contributed by atoms with Crippen LogP contribution in [-0.4, -0.2) is 47.4 Å². The quantitative estimate of drug-likeness (QED) is 0.146. The standard InChI is InChI=1S/C35H38N2O6/c1-3-41-30-21-17-29(18-22-30)36-34(40)37(26-28-11-6-4-7-12-28)23-10-24-42-31-19-15-27(16-20-31)25-35(2,33(38)39)43-32-13-8-5-9-14-32/h4-9,11-22H,3,10,23-26H2,1-2H3,(H,36,40)(H,38,39). The van der Waals surface area contributed by atoms with E-state index in [1.807, 2.05) is 91.9 Å². The van der Waals surface area contributed by atoms with Gasteiger partial charge in [-0.05, 0) is 79.9 Å². The smallest absolute Gasteiger partial charge is 0.348 e. The van der Waals surface area contributed by atoms with Crippen molar-refractivity contribution in [1.82, 2.24) is 4.90 Å². The molecule has 0 radical (unpaired) electrons. The van der Waals surface area contributed by atoms with Crippen molar-refractivity contribution < 1.29 is 28.9 Å². The zero-order chi connectivity index (χ0) is 30.5. The fraction of sp³-hybridized carbons (Fsp3) is 0.257. The highest BCUT2D eigenvalue weighted by molar-refractivity contribution is 5.89. The fourth-order valence-corrected chi connectivity index (χ4v) is 4.50. The van der Waals surface area contributed by atoms with E-state index in [1.54, 1.807) is 36.1 Å². The van der Waals surface area contributed by atoms with E-state index in [2.05, 4.69) is 5.32 Å². The number of para-hydroxylation sites is 1. The number of carbonyl (C=O) groups excluding carboxylic acids is 1. The van der Waals surface area contributed by atoms with Gasteiger partial charge in [-0.25, -0.2) is 9.59 Å². The first-order chi connectivity index (χ1) is 20.8. The lowest BCUT2D eigenvalue weighted by molar-refractivity contribution is -0.153. The van der Waals surface area contributed by atoms with E-state index in [9.17, 15) is 14.7 Å². The van der Waals surface area contributed by atoms with Crippen molar-refractivity contribution >= 4 is 17.7 Å². The lowest BCUT2D eigenvalue weighted by Gasteiger charge is -2.26. The molecule has 1 atom stereocenters. The SMILES string of the molecule is CCOc1ccc(NC(=O)N(CCCOc2ccc(CC(C)(Oc3ccccc3)C(=O)O)cc2)Cc2ccccc2)cc1. The molecule has 0 aliphatic heterocycles. The van der Waals surface area contributed by atoms with E-state index < -0.39 is 11.6 Å². The van der Waals surface area contributed by atoms with Gasteiger partial charge in [0, 0.05) is 25.2 Å². The summed E-state index contributed by atoms with van der Waals surface area (Å²) in [4.78, 5) is 27.0. The second kappa shape index (κ2) is 15.3. The molecule has 4 rings (SSSR count). The maximum absolute atomic E-state index is 13.2. The predicted molar refractivity (Wildman–Crippen MR) is 167 cm³/mol. The van der Waals surface area contributed by atoms with Crippen LogP contribution < -0.4 is 19.5 Å². The average Bonchev–Trinajstić information content (AvgIpc) is 3.01. The number of amides is 2. The maximum atomic E-state index is 13.2. The predicted octanol–water partition coefficient (Wildman–Crippen LogP) is 7.05. The number of hydrogen-bond donors (Lipinski definition) is 2. The Morgan fingerprint density at radius 3 is 2.00 bits per heavy atom. The van der Waals surface area contributed by atoms with Gasteiger partial charge in [-0.3, -0.25) is 0 Å². The minimum atomic E-state index is -1.42. The number of benzene rings is 4. The van der Waals surface area contributed by atoms with Crippen molar-refractivity contribution in [3.63, 3.8) is 0 Å². The molecule has 0 aromatic heterocycles. The molecule has 1 unspecified atom stereocenters. The summed E-state index contributed by atoms with van der Waals surface area (Å²) in [6, 6.07) is 33.2. The molecule has 4 aromatic carbocycles. The maximum Gasteiger partial charge on any atom is 0.348 e. The second-order valence-corrected chi connectivity index (χ2v) is 10.3. The zero-order valence-corrected chi connectivity index (χ0v) is 24.6. The van der Waals surface area contributed by atoms with Gasteiger partial charge in [-0.2, -0.15) is 0 Å². The monoisotopic (exact) mass is 582 g/mol. The Morgan fingerprint density at radius 1 is 0.767 bits per heavy atom. The van der Waals surface area contributed by atoms with Crippen LogP contribution in [0.5, 0.6) is 17.2 Å². The molecule has 8 nitrogen and oxygen atoms in total. The Kier molecular flexibility index (Phi) is 11.0. The number of hydrogen-bond acceptors (Lipinski definition) is 5. The van der Waals surface area contributed by atoms with Gasteiger partial charge >= 0.3 is 12.0 Å². The number of aliphatic carboxylic acids is 1. The van der Waals surface area contributed by atoms with Crippen molar-refractivity contribution in [2.75, 3.05) is 25.1 Å². The second-order valence-electron chi connectivity index (χ2n) is 10.3. The molecule has 2 amide bonds. The Hall–Kier alpha value is -4.98. The number of carboxylic acids is 1. The summed E-state index contributed by atoms with van der Waals surface area (Å²) >= 11 is 0. The molecule has 0 heterocycles. The van der Waals surface area contributed by atoms with Crippen molar-refractivity contribution in [2.24, 2.45) is 0 Å². The van der Waals surface area contributed by atoms with Crippen LogP contribution in [0.15, 0.2) is 109 Å². The summed E-state index contributed by atoms with van der Waals surface area (Å²) in [5.41, 5.74) is 1.12. The van der Waals surface area contributed by atoms with E-state index in [0.717, 1.165) is 16.9 Å². The molecule has 224 valence electrons. The number of nitrogens with one attached hydrogen (secondary N) is 1. The van der Waals surface area contributed by atoms with E-state index >= 15 is 0 Å².